The highest BCUT2D eigenvalue weighted by molar-refractivity contribution is 6.37. The molecule has 21 heavy (non-hydrogen) atoms. The molecule has 2 aromatic carbocycles. The third-order valence-corrected chi connectivity index (χ3v) is 3.63. The second-order valence-electron chi connectivity index (χ2n) is 4.67. The van der Waals surface area contributed by atoms with Crippen molar-refractivity contribution < 1.29 is 9.53 Å². The summed E-state index contributed by atoms with van der Waals surface area (Å²) in [4.78, 5) is 12.2. The van der Waals surface area contributed by atoms with E-state index in [1.165, 1.54) is 0 Å². The molecule has 0 aromatic heterocycles. The molecule has 0 atom stereocenters. The SMILES string of the molecule is CCOc1ccc2c(c1)NC(=O)C2=Cc1ccccc1Cl. The fourth-order valence-corrected chi connectivity index (χ4v) is 2.51. The second kappa shape index (κ2) is 5.62. The predicted molar refractivity (Wildman–Crippen MR) is 85.6 cm³/mol. The Kier molecular flexibility index (Phi) is 3.67. The first kappa shape index (κ1) is 13.7. The van der Waals surface area contributed by atoms with E-state index in [9.17, 15) is 4.79 Å². The third kappa shape index (κ3) is 2.65. The highest BCUT2D eigenvalue weighted by atomic mass is 35.5. The number of nitrogens with one attached hydrogen (secondary N) is 1. The maximum Gasteiger partial charge on any atom is 0.256 e. The fourth-order valence-electron chi connectivity index (χ4n) is 2.32. The summed E-state index contributed by atoms with van der Waals surface area (Å²) < 4.78 is 5.45. The number of halogens is 1. The van der Waals surface area contributed by atoms with E-state index in [1.807, 2.05) is 49.4 Å². The molecule has 3 nitrogen and oxygen atoms in total. The maximum absolute atomic E-state index is 12.2. The largest absolute Gasteiger partial charge is 0.494 e. The molecule has 106 valence electrons. The molecule has 0 bridgehead atoms. The molecule has 0 spiro atoms. The van der Waals surface area contributed by atoms with E-state index < -0.39 is 0 Å². The van der Waals surface area contributed by atoms with Crippen LogP contribution in [0.1, 0.15) is 18.1 Å². The van der Waals surface area contributed by atoms with Crippen molar-refractivity contribution in [3.8, 4) is 5.75 Å². The lowest BCUT2D eigenvalue weighted by Gasteiger charge is -2.05. The van der Waals surface area contributed by atoms with E-state index in [0.29, 0.717) is 17.2 Å². The van der Waals surface area contributed by atoms with E-state index in [4.69, 9.17) is 16.3 Å². The molecular weight excluding hydrogens is 286 g/mol. The topological polar surface area (TPSA) is 38.3 Å². The number of hydrogen-bond acceptors (Lipinski definition) is 2. The molecule has 0 saturated carbocycles. The molecule has 0 radical (unpaired) electrons. The Hall–Kier alpha value is -2.26. The number of carbonyl (C=O) groups is 1. The number of amides is 1. The van der Waals surface area contributed by atoms with Crippen molar-refractivity contribution in [3.63, 3.8) is 0 Å². The average Bonchev–Trinajstić information content (AvgIpc) is 2.77. The molecule has 1 aliphatic heterocycles. The van der Waals surface area contributed by atoms with Gasteiger partial charge in [-0.25, -0.2) is 0 Å². The van der Waals surface area contributed by atoms with Crippen LogP contribution in [0.4, 0.5) is 5.69 Å². The number of fused-ring (bicyclic) bond motifs is 1. The van der Waals surface area contributed by atoms with Crippen molar-refractivity contribution in [2.45, 2.75) is 6.92 Å². The molecular formula is C17H14ClNO2. The van der Waals surface area contributed by atoms with Crippen LogP contribution in [0.5, 0.6) is 5.75 Å². The minimum Gasteiger partial charge on any atom is -0.494 e. The number of benzene rings is 2. The second-order valence-corrected chi connectivity index (χ2v) is 5.08. The number of anilines is 1. The van der Waals surface area contributed by atoms with E-state index in [1.54, 1.807) is 6.07 Å². The summed E-state index contributed by atoms with van der Waals surface area (Å²) in [6.07, 6.45) is 1.81. The average molecular weight is 300 g/mol. The van der Waals surface area contributed by atoms with Gasteiger partial charge in [-0.05, 0) is 36.8 Å². The van der Waals surface area contributed by atoms with Crippen LogP contribution in [0.2, 0.25) is 5.02 Å². The van der Waals surface area contributed by atoms with Crippen molar-refractivity contribution in [3.05, 3.63) is 58.6 Å². The number of rotatable bonds is 3. The summed E-state index contributed by atoms with van der Waals surface area (Å²) in [5, 5.41) is 3.48. The Balaban J connectivity index is 2.03. The van der Waals surface area contributed by atoms with E-state index in [2.05, 4.69) is 5.32 Å². The van der Waals surface area contributed by atoms with Gasteiger partial charge < -0.3 is 10.1 Å². The van der Waals surface area contributed by atoms with E-state index in [-0.39, 0.29) is 5.91 Å². The summed E-state index contributed by atoms with van der Waals surface area (Å²) in [6, 6.07) is 13.0. The van der Waals surface area contributed by atoms with Gasteiger partial charge in [0.15, 0.2) is 0 Å². The van der Waals surface area contributed by atoms with Gasteiger partial charge in [0.2, 0.25) is 0 Å². The molecule has 0 fully saturated rings. The summed E-state index contributed by atoms with van der Waals surface area (Å²) in [6.45, 7) is 2.52. The highest BCUT2D eigenvalue weighted by Gasteiger charge is 2.24. The first-order chi connectivity index (χ1) is 10.2. The minimum absolute atomic E-state index is 0.126. The Morgan fingerprint density at radius 3 is 2.81 bits per heavy atom. The molecule has 1 N–H and O–H groups in total. The summed E-state index contributed by atoms with van der Waals surface area (Å²) in [7, 11) is 0. The van der Waals surface area contributed by atoms with Crippen LogP contribution in [-0.4, -0.2) is 12.5 Å². The van der Waals surface area contributed by atoms with Crippen LogP contribution in [0.15, 0.2) is 42.5 Å². The summed E-state index contributed by atoms with van der Waals surface area (Å²) >= 11 is 6.15. The van der Waals surface area contributed by atoms with Crippen molar-refractivity contribution in [1.82, 2.24) is 0 Å². The normalized spacial score (nSPS) is 15.0. The Labute approximate surface area is 128 Å². The van der Waals surface area contributed by atoms with Gasteiger partial charge in [0.25, 0.3) is 5.91 Å². The van der Waals surface area contributed by atoms with Gasteiger partial charge in [-0.2, -0.15) is 0 Å². The van der Waals surface area contributed by atoms with Crippen LogP contribution >= 0.6 is 11.6 Å². The molecule has 3 rings (SSSR count). The van der Waals surface area contributed by atoms with Crippen LogP contribution in [-0.2, 0) is 4.79 Å². The Bertz CT molecular complexity index is 737. The first-order valence-corrected chi connectivity index (χ1v) is 7.11. The molecule has 0 aliphatic carbocycles. The van der Waals surface area contributed by atoms with Crippen LogP contribution in [0, 0.1) is 0 Å². The van der Waals surface area contributed by atoms with Crippen molar-refractivity contribution in [2.24, 2.45) is 0 Å². The van der Waals surface area contributed by atoms with Gasteiger partial charge in [-0.3, -0.25) is 4.79 Å². The number of ether oxygens (including phenoxy) is 1. The lowest BCUT2D eigenvalue weighted by Crippen LogP contribution is -2.03. The third-order valence-electron chi connectivity index (χ3n) is 3.29. The zero-order valence-electron chi connectivity index (χ0n) is 11.5. The predicted octanol–water partition coefficient (Wildman–Crippen LogP) is 4.23. The molecule has 0 saturated heterocycles. The number of carbonyl (C=O) groups excluding carboxylic acids is 1. The lowest BCUT2D eigenvalue weighted by atomic mass is 10.0. The van der Waals surface area contributed by atoms with Gasteiger partial charge in [0.1, 0.15) is 5.75 Å². The van der Waals surface area contributed by atoms with Crippen LogP contribution < -0.4 is 10.1 Å². The quantitative estimate of drug-likeness (QED) is 0.861. The van der Waals surface area contributed by atoms with Crippen LogP contribution in [0.25, 0.3) is 11.6 Å². The molecule has 1 amide bonds. The van der Waals surface area contributed by atoms with Crippen molar-refractivity contribution in [1.29, 1.82) is 0 Å². The molecule has 0 unspecified atom stereocenters. The fraction of sp³-hybridized carbons (Fsp3) is 0.118. The highest BCUT2D eigenvalue weighted by Crippen LogP contribution is 2.36. The Morgan fingerprint density at radius 1 is 1.24 bits per heavy atom. The van der Waals surface area contributed by atoms with Gasteiger partial charge in [0.05, 0.1) is 12.3 Å². The van der Waals surface area contributed by atoms with Gasteiger partial charge >= 0.3 is 0 Å². The standard InChI is InChI=1S/C17H14ClNO2/c1-2-21-12-7-8-13-14(17(20)19-16(13)10-12)9-11-5-3-4-6-15(11)18/h3-10H,2H2,1H3,(H,19,20). The van der Waals surface area contributed by atoms with Gasteiger partial charge in [0, 0.05) is 22.2 Å². The smallest absolute Gasteiger partial charge is 0.256 e. The monoisotopic (exact) mass is 299 g/mol. The van der Waals surface area contributed by atoms with Gasteiger partial charge in [-0.15, -0.1) is 0 Å². The molecule has 1 aliphatic rings. The molecule has 2 aromatic rings. The maximum atomic E-state index is 12.2. The number of hydrogen-bond donors (Lipinski definition) is 1. The van der Waals surface area contributed by atoms with Crippen molar-refractivity contribution in [2.75, 3.05) is 11.9 Å². The van der Waals surface area contributed by atoms with Gasteiger partial charge in [-0.1, -0.05) is 29.8 Å². The zero-order valence-corrected chi connectivity index (χ0v) is 12.3. The first-order valence-electron chi connectivity index (χ1n) is 6.74. The zero-order chi connectivity index (χ0) is 14.8. The molecule has 1 heterocycles. The van der Waals surface area contributed by atoms with Crippen LogP contribution in [0.3, 0.4) is 0 Å². The lowest BCUT2D eigenvalue weighted by molar-refractivity contribution is -0.110. The summed E-state index contributed by atoms with van der Waals surface area (Å²) in [5.74, 6) is 0.620. The van der Waals surface area contributed by atoms with E-state index in [0.717, 1.165) is 22.6 Å². The van der Waals surface area contributed by atoms with E-state index >= 15 is 0 Å². The minimum atomic E-state index is -0.126. The van der Waals surface area contributed by atoms with Crippen molar-refractivity contribution >= 4 is 34.8 Å². The summed E-state index contributed by atoms with van der Waals surface area (Å²) in [5.41, 5.74) is 3.07. The molecule has 4 heteroatoms. The Morgan fingerprint density at radius 2 is 2.05 bits per heavy atom.